The average molecular weight is 1310 g/mol. The Hall–Kier alpha value is -10.3. The summed E-state index contributed by atoms with van der Waals surface area (Å²) in [6.45, 7) is 31.9. The van der Waals surface area contributed by atoms with E-state index in [2.05, 4.69) is 188 Å². The van der Waals surface area contributed by atoms with Gasteiger partial charge < -0.3 is 35.2 Å². The van der Waals surface area contributed by atoms with Crippen LogP contribution in [-0.4, -0.2) is 111 Å². The summed E-state index contributed by atoms with van der Waals surface area (Å²) in [6, 6.07) is 33.1. The Labute approximate surface area is 558 Å². The first kappa shape index (κ1) is 63.8. The Kier molecular flexibility index (Phi) is 20.6. The number of aryl methyl sites for hydroxylation is 1. The van der Waals surface area contributed by atoms with Crippen molar-refractivity contribution in [1.29, 1.82) is 0 Å². The normalized spacial score (nSPS) is 14.6. The number of para-hydroxylation sites is 1. The van der Waals surface area contributed by atoms with Crippen LogP contribution in [0.25, 0.3) is 38.7 Å². The molecule has 18 heteroatoms. The molecule has 1 atom stereocenters. The average Bonchev–Trinajstić information content (AvgIpc) is 1.65. The third-order valence-corrected chi connectivity index (χ3v) is 17.6. The summed E-state index contributed by atoms with van der Waals surface area (Å²) < 4.78 is 11.9. The fourth-order valence-corrected chi connectivity index (χ4v) is 12.3. The van der Waals surface area contributed by atoms with Crippen molar-refractivity contribution in [3.05, 3.63) is 297 Å². The Balaban J connectivity index is 0.000000136. The number of rotatable bonds is 19. The van der Waals surface area contributed by atoms with Crippen LogP contribution in [0.2, 0.25) is 0 Å². The van der Waals surface area contributed by atoms with Crippen molar-refractivity contribution in [2.24, 2.45) is 0 Å². The van der Waals surface area contributed by atoms with E-state index in [-0.39, 0.29) is 6.04 Å². The minimum absolute atomic E-state index is 0.134. The van der Waals surface area contributed by atoms with Crippen LogP contribution in [0.1, 0.15) is 103 Å². The number of ether oxygens (including phenoxy) is 2. The number of pyridine rings is 3. The van der Waals surface area contributed by atoms with Crippen LogP contribution in [-0.2, 0) is 41.6 Å². The predicted octanol–water partition coefficient (Wildman–Crippen LogP) is 12.8. The van der Waals surface area contributed by atoms with Gasteiger partial charge in [0.25, 0.3) is 0 Å². The summed E-state index contributed by atoms with van der Waals surface area (Å²) in [7, 11) is 0. The fourth-order valence-electron chi connectivity index (χ4n) is 12.0. The molecule has 2 aliphatic heterocycles. The maximum Gasteiger partial charge on any atom is 0.190 e. The van der Waals surface area contributed by atoms with Crippen molar-refractivity contribution in [3.8, 4) is 0 Å². The summed E-state index contributed by atoms with van der Waals surface area (Å²) in [5.74, 6) is 1.80. The number of nitrogens with one attached hydrogen (secondary N) is 3. The van der Waals surface area contributed by atoms with E-state index in [0.717, 1.165) is 180 Å². The summed E-state index contributed by atoms with van der Waals surface area (Å²) in [5.41, 5.74) is 23.0. The number of aromatic nitrogens is 9. The summed E-state index contributed by atoms with van der Waals surface area (Å²) in [5, 5.41) is 10.0. The van der Waals surface area contributed by atoms with Crippen LogP contribution in [0.4, 0.5) is 17.1 Å². The minimum atomic E-state index is 0.134. The molecule has 2 fully saturated rings. The number of anilines is 2. The molecular weight excluding hydrogens is 1230 g/mol. The second kappa shape index (κ2) is 30.4. The van der Waals surface area contributed by atoms with Gasteiger partial charge in [0.2, 0.25) is 0 Å². The van der Waals surface area contributed by atoms with E-state index in [4.69, 9.17) is 26.0 Å². The summed E-state index contributed by atoms with van der Waals surface area (Å²) >= 11 is 3.50. The lowest BCUT2D eigenvalue weighted by molar-refractivity contribution is 0.122. The molecule has 0 unspecified atom stereocenters. The molecule has 8 heterocycles. The molecule has 0 radical (unpaired) electrons. The van der Waals surface area contributed by atoms with Crippen molar-refractivity contribution in [1.82, 2.24) is 60.8 Å². The number of halogens is 1. The van der Waals surface area contributed by atoms with Gasteiger partial charge in [0, 0.05) is 146 Å². The van der Waals surface area contributed by atoms with Crippen LogP contribution in [0.5, 0.6) is 0 Å². The molecule has 2 saturated heterocycles. The van der Waals surface area contributed by atoms with Crippen LogP contribution < -0.4 is 25.8 Å². The van der Waals surface area contributed by atoms with Gasteiger partial charge in [-0.2, -0.15) is 0 Å². The molecular formula is C76H74BrN15O2. The molecule has 3 aromatic carbocycles. The standard InChI is InChI=1S/C27H26N6O.C27H29N5O.C22H19BrN4/c1-19(29-10-9-20-5-3-4-6-25(20)28-2)27-31-16-21(17-32-27)23-7-8-26-24(23)15-22(18-30-26)33-11-13-34-14-12-33;1-19-5-3-4-6-21(19)9-10-28-20(2)27-30-16-22(17-31-27)24-7-8-26-25(24)15-23(18-29-26)32-11-13-33-14-12-32;1-14(16-6-4-3-5-7-16)27-15(2)22-25-11-17(12-26-22)19-8-9-21-20(19)10-18(23)13-24-21/h3-7,15-18,29H,1,8-14H2;3-7,15-18,28H,2,8-14H2,1H3;3-8,10-14,27H,2,9H2,1H3/t;;14-/m..0/s1. The Bertz CT molecular complexity index is 4340. The Morgan fingerprint density at radius 3 is 1.41 bits per heavy atom. The predicted molar refractivity (Wildman–Crippen MR) is 377 cm³/mol. The van der Waals surface area contributed by atoms with Crippen molar-refractivity contribution >= 4 is 66.8 Å². The molecule has 472 valence electrons. The van der Waals surface area contributed by atoms with E-state index >= 15 is 0 Å². The van der Waals surface area contributed by atoms with E-state index in [1.807, 2.05) is 98.2 Å². The quantitative estimate of drug-likeness (QED) is 0.0650. The van der Waals surface area contributed by atoms with E-state index in [9.17, 15) is 0 Å². The van der Waals surface area contributed by atoms with Crippen molar-refractivity contribution in [2.45, 2.75) is 52.0 Å². The van der Waals surface area contributed by atoms with Gasteiger partial charge in [-0.05, 0) is 99.8 Å². The second-order valence-corrected chi connectivity index (χ2v) is 24.2. The van der Waals surface area contributed by atoms with Gasteiger partial charge in [-0.3, -0.25) is 15.0 Å². The third-order valence-electron chi connectivity index (χ3n) is 17.2. The Morgan fingerprint density at radius 2 is 0.936 bits per heavy atom. The fraction of sp³-hybridized carbons (Fsp3) is 0.237. The maximum atomic E-state index is 7.29. The summed E-state index contributed by atoms with van der Waals surface area (Å²) in [6.07, 6.45) is 27.7. The molecule has 5 aliphatic rings. The number of fused-ring (bicyclic) bond motifs is 3. The van der Waals surface area contributed by atoms with Gasteiger partial charge in [-0.15, -0.1) is 0 Å². The van der Waals surface area contributed by atoms with Gasteiger partial charge in [0.15, 0.2) is 23.2 Å². The van der Waals surface area contributed by atoms with Gasteiger partial charge >= 0.3 is 0 Å². The molecule has 0 spiro atoms. The molecule has 6 aromatic heterocycles. The lowest BCUT2D eigenvalue weighted by Gasteiger charge is -2.29. The maximum absolute atomic E-state index is 7.29. The van der Waals surface area contributed by atoms with Crippen LogP contribution >= 0.6 is 15.9 Å². The van der Waals surface area contributed by atoms with Crippen LogP contribution in [0.15, 0.2) is 195 Å². The minimum Gasteiger partial charge on any atom is -0.382 e. The molecule has 14 rings (SSSR count). The number of benzene rings is 3. The van der Waals surface area contributed by atoms with Gasteiger partial charge in [-0.1, -0.05) is 117 Å². The molecule has 9 aromatic rings. The lowest BCUT2D eigenvalue weighted by Crippen LogP contribution is -2.36. The number of hydrogen-bond acceptors (Lipinski definition) is 16. The van der Waals surface area contributed by atoms with Crippen LogP contribution in [0.3, 0.4) is 0 Å². The third kappa shape index (κ3) is 15.4. The smallest absolute Gasteiger partial charge is 0.190 e. The topological polar surface area (TPSA) is 181 Å². The first-order valence-electron chi connectivity index (χ1n) is 31.8. The van der Waals surface area contributed by atoms with Crippen molar-refractivity contribution in [2.75, 3.05) is 75.5 Å². The highest BCUT2D eigenvalue weighted by Gasteiger charge is 2.24. The van der Waals surface area contributed by atoms with Gasteiger partial charge in [-0.25, -0.2) is 34.7 Å². The second-order valence-electron chi connectivity index (χ2n) is 23.3. The first-order valence-corrected chi connectivity index (χ1v) is 32.6. The zero-order chi connectivity index (χ0) is 64.8. The largest absolute Gasteiger partial charge is 0.382 e. The number of nitrogens with zero attached hydrogens (tertiary/aromatic N) is 12. The lowest BCUT2D eigenvalue weighted by atomic mass is 10.0. The zero-order valence-corrected chi connectivity index (χ0v) is 54.6. The number of morpholine rings is 2. The molecule has 3 aliphatic carbocycles. The van der Waals surface area contributed by atoms with Crippen LogP contribution in [0, 0.1) is 13.5 Å². The van der Waals surface area contributed by atoms with Gasteiger partial charge in [0.05, 0.1) is 90.9 Å². The highest BCUT2D eigenvalue weighted by atomic mass is 79.9. The number of hydrogen-bond donors (Lipinski definition) is 3. The van der Waals surface area contributed by atoms with Crippen molar-refractivity contribution in [3.63, 3.8) is 0 Å². The molecule has 17 nitrogen and oxygen atoms in total. The molecule has 3 N–H and O–H groups in total. The van der Waals surface area contributed by atoms with E-state index < -0.39 is 0 Å². The van der Waals surface area contributed by atoms with Gasteiger partial charge in [0.1, 0.15) is 0 Å². The summed E-state index contributed by atoms with van der Waals surface area (Å²) in [4.78, 5) is 49.5. The molecule has 0 amide bonds. The van der Waals surface area contributed by atoms with E-state index in [0.29, 0.717) is 41.1 Å². The molecule has 0 saturated carbocycles. The first-order chi connectivity index (χ1) is 46.0. The zero-order valence-electron chi connectivity index (χ0n) is 53.0. The molecule has 0 bridgehead atoms. The van der Waals surface area contributed by atoms with Crippen molar-refractivity contribution < 1.29 is 9.47 Å². The van der Waals surface area contributed by atoms with E-state index in [1.54, 1.807) is 0 Å². The highest BCUT2D eigenvalue weighted by Crippen LogP contribution is 2.37. The Morgan fingerprint density at radius 1 is 0.521 bits per heavy atom. The molecule has 94 heavy (non-hydrogen) atoms. The SMILES string of the molecule is C=C(NCCc1ccccc1C)c1ncc(C2=CCc3ncc(N4CCOCC4)cc32)cn1.C=C(N[C@@H](C)c1ccccc1)c1ncc(C2=CCc3ncc(Br)cc32)cn1.[C-]#[N+]c1ccccc1CCNC(=C)c1ncc(C2=CCc3ncc(N4CCOCC4)cc32)cn1. The van der Waals surface area contributed by atoms with E-state index in [1.165, 1.54) is 22.3 Å². The highest BCUT2D eigenvalue weighted by molar-refractivity contribution is 9.10. The number of allylic oxidation sites excluding steroid dienone is 3. The monoisotopic (exact) mass is 1310 g/mol.